The lowest BCUT2D eigenvalue weighted by Gasteiger charge is -2.13. The third kappa shape index (κ3) is 2.52. The van der Waals surface area contributed by atoms with Gasteiger partial charge in [0.05, 0.1) is 17.4 Å². The van der Waals surface area contributed by atoms with Gasteiger partial charge >= 0.3 is 5.69 Å². The monoisotopic (exact) mass is 314 g/mol. The highest BCUT2D eigenvalue weighted by Gasteiger charge is 2.13. The van der Waals surface area contributed by atoms with Gasteiger partial charge in [-0.3, -0.25) is 13.9 Å². The molecule has 0 radical (unpaired) electrons. The molecule has 0 saturated carbocycles. The van der Waals surface area contributed by atoms with Gasteiger partial charge in [0.1, 0.15) is 0 Å². The molecule has 3 aromatic rings. The highest BCUT2D eigenvalue weighted by molar-refractivity contribution is 7.09. The molecule has 5 heteroatoms. The van der Waals surface area contributed by atoms with Crippen molar-refractivity contribution in [2.45, 2.75) is 33.4 Å². The lowest BCUT2D eigenvalue weighted by molar-refractivity contribution is 0.595. The maximum absolute atomic E-state index is 12.7. The predicted molar refractivity (Wildman–Crippen MR) is 90.9 cm³/mol. The van der Waals surface area contributed by atoms with Crippen molar-refractivity contribution < 1.29 is 0 Å². The first-order valence-corrected chi connectivity index (χ1v) is 8.26. The number of hydrogen-bond acceptors (Lipinski definition) is 3. The quantitative estimate of drug-likeness (QED) is 0.743. The van der Waals surface area contributed by atoms with E-state index < -0.39 is 0 Å². The van der Waals surface area contributed by atoms with Gasteiger partial charge in [-0.15, -0.1) is 11.3 Å². The summed E-state index contributed by atoms with van der Waals surface area (Å²) in [5, 5.41) is 2.57. The molecular formula is C17H18N2O2S. The number of thiophene rings is 1. The minimum Gasteiger partial charge on any atom is -0.293 e. The molecular weight excluding hydrogens is 296 g/mol. The van der Waals surface area contributed by atoms with Crippen molar-refractivity contribution >= 4 is 22.2 Å². The number of fused-ring (bicyclic) bond motifs is 1. The van der Waals surface area contributed by atoms with Gasteiger partial charge in [-0.05, 0) is 36.9 Å². The number of aromatic nitrogens is 2. The fraction of sp³-hybridized carbons (Fsp3) is 0.294. The van der Waals surface area contributed by atoms with Crippen molar-refractivity contribution in [2.24, 2.45) is 0 Å². The van der Waals surface area contributed by atoms with Crippen LogP contribution in [0.15, 0.2) is 45.3 Å². The smallest absolute Gasteiger partial charge is 0.293 e. The summed E-state index contributed by atoms with van der Waals surface area (Å²) in [4.78, 5) is 26.5. The molecule has 0 spiro atoms. The van der Waals surface area contributed by atoms with E-state index in [4.69, 9.17) is 0 Å². The van der Waals surface area contributed by atoms with Crippen LogP contribution in [-0.4, -0.2) is 9.13 Å². The number of nitrogens with zero attached hydrogens (tertiary/aromatic N) is 2. The van der Waals surface area contributed by atoms with Crippen LogP contribution in [0.5, 0.6) is 0 Å². The zero-order chi connectivity index (χ0) is 15.7. The summed E-state index contributed by atoms with van der Waals surface area (Å²) >= 11 is 1.56. The number of benzene rings is 1. The summed E-state index contributed by atoms with van der Waals surface area (Å²) in [6.45, 7) is 4.94. The van der Waals surface area contributed by atoms with Crippen LogP contribution < -0.4 is 11.2 Å². The molecule has 2 aromatic heterocycles. The topological polar surface area (TPSA) is 44.0 Å². The summed E-state index contributed by atoms with van der Waals surface area (Å²) in [6.07, 6.45) is 0.847. The van der Waals surface area contributed by atoms with E-state index in [1.165, 1.54) is 4.57 Å². The van der Waals surface area contributed by atoms with Crippen molar-refractivity contribution in [3.05, 3.63) is 67.0 Å². The molecule has 0 fully saturated rings. The van der Waals surface area contributed by atoms with Gasteiger partial charge < -0.3 is 0 Å². The molecule has 0 saturated heterocycles. The van der Waals surface area contributed by atoms with Gasteiger partial charge in [0, 0.05) is 11.4 Å². The first-order chi connectivity index (χ1) is 10.6. The molecule has 0 aliphatic carbocycles. The molecule has 0 bridgehead atoms. The van der Waals surface area contributed by atoms with E-state index in [9.17, 15) is 9.59 Å². The first-order valence-electron chi connectivity index (χ1n) is 7.38. The molecule has 1 aromatic carbocycles. The molecule has 0 unspecified atom stereocenters. The average molecular weight is 314 g/mol. The zero-order valence-electron chi connectivity index (χ0n) is 12.7. The number of hydrogen-bond donors (Lipinski definition) is 0. The van der Waals surface area contributed by atoms with E-state index in [-0.39, 0.29) is 11.2 Å². The Labute approximate surface area is 132 Å². The normalized spacial score (nSPS) is 11.2. The fourth-order valence-electron chi connectivity index (χ4n) is 2.68. The van der Waals surface area contributed by atoms with E-state index >= 15 is 0 Å². The summed E-state index contributed by atoms with van der Waals surface area (Å²) in [7, 11) is 0. The van der Waals surface area contributed by atoms with Crippen LogP contribution in [-0.2, 0) is 13.1 Å². The second-order valence-corrected chi connectivity index (χ2v) is 6.46. The lowest BCUT2D eigenvalue weighted by Crippen LogP contribution is -2.40. The van der Waals surface area contributed by atoms with Crippen molar-refractivity contribution in [3.8, 4) is 0 Å². The van der Waals surface area contributed by atoms with Crippen LogP contribution in [0.2, 0.25) is 0 Å². The molecule has 0 aliphatic heterocycles. The summed E-state index contributed by atoms with van der Waals surface area (Å²) in [5.41, 5.74) is 1.32. The van der Waals surface area contributed by atoms with E-state index in [1.807, 2.05) is 49.6 Å². The van der Waals surface area contributed by atoms with E-state index in [2.05, 4.69) is 0 Å². The molecule has 2 heterocycles. The predicted octanol–water partition coefficient (Wildman–Crippen LogP) is 2.99. The Morgan fingerprint density at radius 1 is 1.14 bits per heavy atom. The van der Waals surface area contributed by atoms with Crippen LogP contribution in [0.1, 0.15) is 23.8 Å². The van der Waals surface area contributed by atoms with Gasteiger partial charge in [0.25, 0.3) is 5.56 Å². The summed E-state index contributed by atoms with van der Waals surface area (Å²) in [5.74, 6) is 0. The number of rotatable bonds is 4. The lowest BCUT2D eigenvalue weighted by atomic mass is 10.1. The van der Waals surface area contributed by atoms with Crippen molar-refractivity contribution in [2.75, 3.05) is 0 Å². The third-order valence-electron chi connectivity index (χ3n) is 3.72. The molecule has 3 rings (SSSR count). The first kappa shape index (κ1) is 14.8. The average Bonchev–Trinajstić information content (AvgIpc) is 3.01. The molecule has 4 nitrogen and oxygen atoms in total. The standard InChI is InChI=1S/C17H18N2O2S/c1-3-8-18-15-7-6-12(2)10-14(15)16(20)19(17(18)21)11-13-5-4-9-22-13/h4-7,9-10H,3,8,11H2,1-2H3. The molecule has 22 heavy (non-hydrogen) atoms. The highest BCUT2D eigenvalue weighted by Crippen LogP contribution is 2.13. The Bertz CT molecular complexity index is 920. The summed E-state index contributed by atoms with van der Waals surface area (Å²) in [6, 6.07) is 9.56. The second kappa shape index (κ2) is 5.93. The third-order valence-corrected chi connectivity index (χ3v) is 4.58. The van der Waals surface area contributed by atoms with Crippen molar-refractivity contribution in [1.82, 2.24) is 9.13 Å². The maximum Gasteiger partial charge on any atom is 0.331 e. The Morgan fingerprint density at radius 2 is 1.95 bits per heavy atom. The maximum atomic E-state index is 12.7. The Morgan fingerprint density at radius 3 is 2.64 bits per heavy atom. The summed E-state index contributed by atoms with van der Waals surface area (Å²) < 4.78 is 3.06. The molecule has 0 aliphatic rings. The van der Waals surface area contributed by atoms with Crippen molar-refractivity contribution in [3.63, 3.8) is 0 Å². The van der Waals surface area contributed by atoms with Gasteiger partial charge in [-0.25, -0.2) is 4.79 Å². The van der Waals surface area contributed by atoms with Crippen LogP contribution in [0.25, 0.3) is 10.9 Å². The highest BCUT2D eigenvalue weighted by atomic mass is 32.1. The van der Waals surface area contributed by atoms with Gasteiger partial charge in [-0.1, -0.05) is 24.6 Å². The van der Waals surface area contributed by atoms with Crippen molar-refractivity contribution in [1.29, 1.82) is 0 Å². The SMILES string of the molecule is CCCn1c(=O)n(Cc2cccs2)c(=O)c2cc(C)ccc21. The van der Waals surface area contributed by atoms with E-state index in [0.29, 0.717) is 18.5 Å². The number of aryl methyl sites for hydroxylation is 2. The van der Waals surface area contributed by atoms with Crippen LogP contribution >= 0.6 is 11.3 Å². The van der Waals surface area contributed by atoms with E-state index in [0.717, 1.165) is 22.4 Å². The Hall–Kier alpha value is -2.14. The van der Waals surface area contributed by atoms with Gasteiger partial charge in [-0.2, -0.15) is 0 Å². The minimum absolute atomic E-state index is 0.204. The minimum atomic E-state index is -0.225. The van der Waals surface area contributed by atoms with Crippen LogP contribution in [0.3, 0.4) is 0 Å². The Kier molecular flexibility index (Phi) is 3.98. The molecule has 0 N–H and O–H groups in total. The van der Waals surface area contributed by atoms with Crippen LogP contribution in [0.4, 0.5) is 0 Å². The fourth-order valence-corrected chi connectivity index (χ4v) is 3.37. The van der Waals surface area contributed by atoms with Crippen LogP contribution in [0, 0.1) is 6.92 Å². The molecule has 0 amide bonds. The molecule has 0 atom stereocenters. The van der Waals surface area contributed by atoms with Gasteiger partial charge in [0.15, 0.2) is 0 Å². The second-order valence-electron chi connectivity index (χ2n) is 5.43. The molecule has 114 valence electrons. The zero-order valence-corrected chi connectivity index (χ0v) is 13.5. The largest absolute Gasteiger partial charge is 0.331 e. The van der Waals surface area contributed by atoms with Gasteiger partial charge in [0.2, 0.25) is 0 Å². The Balaban J connectivity index is 2.31. The van der Waals surface area contributed by atoms with E-state index in [1.54, 1.807) is 15.9 Å².